The van der Waals surface area contributed by atoms with Crippen LogP contribution in [0.25, 0.3) is 10.8 Å². The molecule has 6 heteroatoms. The second-order valence-corrected chi connectivity index (χ2v) is 7.35. The molecule has 0 atom stereocenters. The molecule has 3 rings (SSSR count). The number of hydrogen-bond donors (Lipinski definition) is 1. The van der Waals surface area contributed by atoms with Crippen molar-refractivity contribution < 1.29 is 14.3 Å². The summed E-state index contributed by atoms with van der Waals surface area (Å²) < 4.78 is 11.8. The van der Waals surface area contributed by atoms with E-state index in [2.05, 4.69) is 33.4 Å². The number of rotatable bonds is 8. The number of carbonyl (C=O) groups excluding carboxylic acids is 1. The highest BCUT2D eigenvalue weighted by Crippen LogP contribution is 2.27. The van der Waals surface area contributed by atoms with Crippen molar-refractivity contribution >= 4 is 38.8 Å². The molecule has 29 heavy (non-hydrogen) atoms. The van der Waals surface area contributed by atoms with Crippen LogP contribution in [0.3, 0.4) is 0 Å². The molecular weight excluding hydrogens is 432 g/mol. The predicted molar refractivity (Wildman–Crippen MR) is 120 cm³/mol. The summed E-state index contributed by atoms with van der Waals surface area (Å²) >= 11 is 3.49. The van der Waals surface area contributed by atoms with Gasteiger partial charge in [0.05, 0.1) is 17.8 Å². The quantitative estimate of drug-likeness (QED) is 0.380. The van der Waals surface area contributed by atoms with Gasteiger partial charge < -0.3 is 9.47 Å². The van der Waals surface area contributed by atoms with Gasteiger partial charge in [-0.3, -0.25) is 4.79 Å². The number of halogens is 1. The minimum Gasteiger partial charge on any atom is -0.496 e. The van der Waals surface area contributed by atoms with Crippen LogP contribution in [0.15, 0.2) is 64.2 Å². The van der Waals surface area contributed by atoms with Crippen LogP contribution < -0.4 is 14.9 Å². The van der Waals surface area contributed by atoms with Gasteiger partial charge in [-0.1, -0.05) is 49.7 Å². The fraction of sp³-hybridized carbons (Fsp3) is 0.217. The highest BCUT2D eigenvalue weighted by Gasteiger charge is 2.08. The van der Waals surface area contributed by atoms with E-state index in [0.717, 1.165) is 33.7 Å². The Hall–Kier alpha value is -2.86. The third-order valence-corrected chi connectivity index (χ3v) is 5.05. The van der Waals surface area contributed by atoms with Crippen LogP contribution in [0, 0.1) is 0 Å². The van der Waals surface area contributed by atoms with E-state index in [1.165, 1.54) is 5.56 Å². The first-order valence-electron chi connectivity index (χ1n) is 9.41. The van der Waals surface area contributed by atoms with Gasteiger partial charge in [0.1, 0.15) is 11.5 Å². The van der Waals surface area contributed by atoms with Gasteiger partial charge in [-0.2, -0.15) is 5.10 Å². The lowest BCUT2D eigenvalue weighted by Crippen LogP contribution is -2.24. The topological polar surface area (TPSA) is 59.9 Å². The Bertz CT molecular complexity index is 1030. The number of aryl methyl sites for hydroxylation is 1. The molecule has 5 nitrogen and oxygen atoms in total. The monoisotopic (exact) mass is 454 g/mol. The standard InChI is InChI=1S/C23H23BrN2O3/c1-3-6-16-9-11-22(20(24)13-16)29-15-23(27)26-25-14-19-18-8-5-4-7-17(18)10-12-21(19)28-2/h4-5,7-14H,3,6,15H2,1-2H3,(H,26,27)/b25-14+. The Morgan fingerprint density at radius 2 is 1.93 bits per heavy atom. The van der Waals surface area contributed by atoms with Crippen LogP contribution in [0.5, 0.6) is 11.5 Å². The van der Waals surface area contributed by atoms with Crippen molar-refractivity contribution in [3.8, 4) is 11.5 Å². The lowest BCUT2D eigenvalue weighted by atomic mass is 10.0. The maximum Gasteiger partial charge on any atom is 0.277 e. The molecule has 0 aliphatic heterocycles. The first kappa shape index (κ1) is 20.9. The lowest BCUT2D eigenvalue weighted by molar-refractivity contribution is -0.123. The minimum absolute atomic E-state index is 0.129. The van der Waals surface area contributed by atoms with Crippen molar-refractivity contribution in [1.82, 2.24) is 5.43 Å². The molecule has 0 fully saturated rings. The van der Waals surface area contributed by atoms with E-state index in [1.807, 2.05) is 54.6 Å². The number of hydrazone groups is 1. The third-order valence-electron chi connectivity index (χ3n) is 4.43. The number of ether oxygens (including phenoxy) is 2. The molecule has 0 spiro atoms. The Balaban J connectivity index is 1.63. The SMILES string of the molecule is CCCc1ccc(OCC(=O)N/N=C/c2c(OC)ccc3ccccc23)c(Br)c1. The summed E-state index contributed by atoms with van der Waals surface area (Å²) in [6.07, 6.45) is 3.68. The maximum absolute atomic E-state index is 12.1. The van der Waals surface area contributed by atoms with E-state index in [9.17, 15) is 4.79 Å². The summed E-state index contributed by atoms with van der Waals surface area (Å²) in [5.74, 6) is 0.971. The van der Waals surface area contributed by atoms with Gasteiger partial charge in [0.25, 0.3) is 5.91 Å². The van der Waals surface area contributed by atoms with E-state index in [4.69, 9.17) is 9.47 Å². The Morgan fingerprint density at radius 3 is 2.69 bits per heavy atom. The number of nitrogens with one attached hydrogen (secondary N) is 1. The highest BCUT2D eigenvalue weighted by atomic mass is 79.9. The van der Waals surface area contributed by atoms with E-state index < -0.39 is 0 Å². The van der Waals surface area contributed by atoms with Gasteiger partial charge >= 0.3 is 0 Å². The number of nitrogens with zero attached hydrogens (tertiary/aromatic N) is 1. The fourth-order valence-corrected chi connectivity index (χ4v) is 3.58. The lowest BCUT2D eigenvalue weighted by Gasteiger charge is -2.09. The Kier molecular flexibility index (Phi) is 7.25. The first-order chi connectivity index (χ1) is 14.1. The molecule has 0 aromatic heterocycles. The van der Waals surface area contributed by atoms with Crippen molar-refractivity contribution in [2.24, 2.45) is 5.10 Å². The molecule has 3 aromatic rings. The zero-order chi connectivity index (χ0) is 20.6. The van der Waals surface area contributed by atoms with Crippen molar-refractivity contribution in [2.45, 2.75) is 19.8 Å². The molecule has 3 aromatic carbocycles. The highest BCUT2D eigenvalue weighted by molar-refractivity contribution is 9.10. The minimum atomic E-state index is -0.343. The number of methoxy groups -OCH3 is 1. The molecule has 0 radical (unpaired) electrons. The second kappa shape index (κ2) is 10.1. The molecule has 1 amide bonds. The van der Waals surface area contributed by atoms with E-state index in [-0.39, 0.29) is 12.5 Å². The van der Waals surface area contributed by atoms with E-state index in [0.29, 0.717) is 11.5 Å². The average molecular weight is 455 g/mol. The normalized spacial score (nSPS) is 11.0. The number of fused-ring (bicyclic) bond motifs is 1. The molecule has 0 saturated carbocycles. The molecule has 150 valence electrons. The molecular formula is C23H23BrN2O3. The van der Waals surface area contributed by atoms with Crippen molar-refractivity contribution in [1.29, 1.82) is 0 Å². The second-order valence-electron chi connectivity index (χ2n) is 6.50. The largest absolute Gasteiger partial charge is 0.496 e. The van der Waals surface area contributed by atoms with E-state index in [1.54, 1.807) is 13.3 Å². The van der Waals surface area contributed by atoms with Gasteiger partial charge in [0.15, 0.2) is 6.61 Å². The molecule has 0 aliphatic carbocycles. The van der Waals surface area contributed by atoms with Crippen molar-refractivity contribution in [3.63, 3.8) is 0 Å². The summed E-state index contributed by atoms with van der Waals surface area (Å²) in [7, 11) is 1.61. The maximum atomic E-state index is 12.1. The number of carbonyl (C=O) groups is 1. The summed E-state index contributed by atoms with van der Waals surface area (Å²) in [6, 6.07) is 17.7. The van der Waals surface area contributed by atoms with Crippen LogP contribution in [0.4, 0.5) is 0 Å². The zero-order valence-corrected chi connectivity index (χ0v) is 18.0. The van der Waals surface area contributed by atoms with Crippen LogP contribution in [-0.4, -0.2) is 25.8 Å². The summed E-state index contributed by atoms with van der Waals surface area (Å²) in [5, 5.41) is 6.14. The van der Waals surface area contributed by atoms with Crippen LogP contribution in [0.1, 0.15) is 24.5 Å². The zero-order valence-electron chi connectivity index (χ0n) is 16.4. The van der Waals surface area contributed by atoms with E-state index >= 15 is 0 Å². The Morgan fingerprint density at radius 1 is 1.14 bits per heavy atom. The molecule has 0 aliphatic rings. The molecule has 0 unspecified atom stereocenters. The van der Waals surface area contributed by atoms with Gasteiger partial charge in [-0.15, -0.1) is 0 Å². The van der Waals surface area contributed by atoms with Crippen LogP contribution in [-0.2, 0) is 11.2 Å². The summed E-state index contributed by atoms with van der Waals surface area (Å²) in [6.45, 7) is 2.01. The van der Waals surface area contributed by atoms with Crippen LogP contribution >= 0.6 is 15.9 Å². The van der Waals surface area contributed by atoms with Gasteiger partial charge in [0, 0.05) is 5.56 Å². The van der Waals surface area contributed by atoms with Gasteiger partial charge in [-0.25, -0.2) is 5.43 Å². The fourth-order valence-electron chi connectivity index (χ4n) is 3.04. The molecule has 1 N–H and O–H groups in total. The molecule has 0 saturated heterocycles. The smallest absolute Gasteiger partial charge is 0.277 e. The molecule has 0 heterocycles. The number of hydrogen-bond acceptors (Lipinski definition) is 4. The van der Waals surface area contributed by atoms with Crippen LogP contribution in [0.2, 0.25) is 0 Å². The predicted octanol–water partition coefficient (Wildman–Crippen LogP) is 5.09. The third kappa shape index (κ3) is 5.35. The van der Waals surface area contributed by atoms with Gasteiger partial charge in [0.2, 0.25) is 0 Å². The Labute approximate surface area is 178 Å². The van der Waals surface area contributed by atoms with Gasteiger partial charge in [-0.05, 0) is 56.9 Å². The summed E-state index contributed by atoms with van der Waals surface area (Å²) in [5.41, 5.74) is 4.54. The van der Waals surface area contributed by atoms with Crippen molar-refractivity contribution in [3.05, 3.63) is 70.2 Å². The van der Waals surface area contributed by atoms with Crippen molar-refractivity contribution in [2.75, 3.05) is 13.7 Å². The first-order valence-corrected chi connectivity index (χ1v) is 10.2. The summed E-state index contributed by atoms with van der Waals surface area (Å²) in [4.78, 5) is 12.1. The number of benzene rings is 3. The number of amides is 1. The average Bonchev–Trinajstić information content (AvgIpc) is 2.73. The molecule has 0 bridgehead atoms.